The van der Waals surface area contributed by atoms with Gasteiger partial charge in [0.15, 0.2) is 0 Å². The molecule has 0 spiro atoms. The highest BCUT2D eigenvalue weighted by atomic mass is 16.5. The van der Waals surface area contributed by atoms with E-state index < -0.39 is 0 Å². The van der Waals surface area contributed by atoms with Gasteiger partial charge in [0.05, 0.1) is 12.2 Å². The number of hydrogen-bond donors (Lipinski definition) is 1. The van der Waals surface area contributed by atoms with Gasteiger partial charge in [-0.25, -0.2) is 0 Å². The predicted octanol–water partition coefficient (Wildman–Crippen LogP) is 2.96. The summed E-state index contributed by atoms with van der Waals surface area (Å²) in [5, 5.41) is 0. The van der Waals surface area contributed by atoms with Crippen molar-refractivity contribution in [3.63, 3.8) is 0 Å². The van der Waals surface area contributed by atoms with Gasteiger partial charge in [0.1, 0.15) is 0 Å². The molecular formula is C14H27NO. The Kier molecular flexibility index (Phi) is 3.09. The van der Waals surface area contributed by atoms with Gasteiger partial charge in [0.25, 0.3) is 0 Å². The quantitative estimate of drug-likeness (QED) is 0.798. The highest BCUT2D eigenvalue weighted by molar-refractivity contribution is 5.11. The molecule has 2 heteroatoms. The van der Waals surface area contributed by atoms with E-state index in [0.29, 0.717) is 23.5 Å². The van der Waals surface area contributed by atoms with Crippen LogP contribution in [0.2, 0.25) is 0 Å². The van der Waals surface area contributed by atoms with E-state index in [-0.39, 0.29) is 6.10 Å². The molecule has 16 heavy (non-hydrogen) atoms. The van der Waals surface area contributed by atoms with Crippen molar-refractivity contribution in [1.29, 1.82) is 0 Å². The van der Waals surface area contributed by atoms with Gasteiger partial charge < -0.3 is 10.5 Å². The van der Waals surface area contributed by atoms with Gasteiger partial charge in [-0.05, 0) is 42.4 Å². The van der Waals surface area contributed by atoms with Crippen LogP contribution in [0.1, 0.15) is 53.4 Å². The van der Waals surface area contributed by atoms with Crippen molar-refractivity contribution in [2.45, 2.75) is 65.6 Å². The van der Waals surface area contributed by atoms with Crippen LogP contribution in [0.3, 0.4) is 0 Å². The van der Waals surface area contributed by atoms with Crippen molar-refractivity contribution >= 4 is 0 Å². The average molecular weight is 225 g/mol. The zero-order valence-electron chi connectivity index (χ0n) is 11.3. The van der Waals surface area contributed by atoms with Crippen LogP contribution < -0.4 is 5.73 Å². The Labute approximate surface area is 99.9 Å². The predicted molar refractivity (Wildman–Crippen MR) is 67.2 cm³/mol. The van der Waals surface area contributed by atoms with Gasteiger partial charge in [0.2, 0.25) is 0 Å². The first-order chi connectivity index (χ1) is 7.45. The number of ether oxygens (including phenoxy) is 1. The standard InChI is InChI=1S/C14H27NO/c1-5-11(9-15)16-12-8-10-6-7-14(12,4)13(10,2)3/h10-12H,5-9,15H2,1-4H3. The van der Waals surface area contributed by atoms with Crippen LogP contribution in [0.25, 0.3) is 0 Å². The minimum Gasteiger partial charge on any atom is -0.373 e. The number of rotatable bonds is 4. The second-order valence-corrected chi connectivity index (χ2v) is 6.50. The molecule has 0 aromatic heterocycles. The summed E-state index contributed by atoms with van der Waals surface area (Å²) in [4.78, 5) is 0. The second kappa shape index (κ2) is 3.99. The fourth-order valence-electron chi connectivity index (χ4n) is 3.89. The molecule has 0 amide bonds. The summed E-state index contributed by atoms with van der Waals surface area (Å²) in [5.74, 6) is 0.859. The van der Waals surface area contributed by atoms with Crippen LogP contribution in [0, 0.1) is 16.7 Å². The Bertz CT molecular complexity index is 259. The molecule has 2 saturated carbocycles. The van der Waals surface area contributed by atoms with Crippen LogP contribution in [-0.2, 0) is 4.74 Å². The lowest BCUT2D eigenvalue weighted by Gasteiger charge is -2.40. The van der Waals surface area contributed by atoms with E-state index in [1.807, 2.05) is 0 Å². The molecule has 4 unspecified atom stereocenters. The highest BCUT2D eigenvalue weighted by Crippen LogP contribution is 2.66. The third kappa shape index (κ3) is 1.53. The van der Waals surface area contributed by atoms with E-state index in [9.17, 15) is 0 Å². The zero-order valence-corrected chi connectivity index (χ0v) is 11.3. The molecular weight excluding hydrogens is 198 g/mol. The normalized spacial score (nSPS) is 42.6. The molecule has 0 heterocycles. The van der Waals surface area contributed by atoms with Gasteiger partial charge in [0, 0.05) is 6.54 Å². The molecule has 2 nitrogen and oxygen atoms in total. The summed E-state index contributed by atoms with van der Waals surface area (Å²) in [6.45, 7) is 10.1. The van der Waals surface area contributed by atoms with E-state index in [0.717, 1.165) is 12.3 Å². The Morgan fingerprint density at radius 2 is 2.06 bits per heavy atom. The second-order valence-electron chi connectivity index (χ2n) is 6.50. The maximum Gasteiger partial charge on any atom is 0.0698 e. The molecule has 0 radical (unpaired) electrons. The fraction of sp³-hybridized carbons (Fsp3) is 1.00. The summed E-state index contributed by atoms with van der Waals surface area (Å²) in [6, 6.07) is 0. The number of nitrogens with two attached hydrogens (primary N) is 1. The molecule has 2 bridgehead atoms. The smallest absolute Gasteiger partial charge is 0.0698 e. The first-order valence-electron chi connectivity index (χ1n) is 6.81. The Balaban J connectivity index is 2.09. The molecule has 0 aromatic carbocycles. The summed E-state index contributed by atoms with van der Waals surface area (Å²) in [6.07, 6.45) is 5.71. The van der Waals surface area contributed by atoms with E-state index in [1.165, 1.54) is 19.3 Å². The Hall–Kier alpha value is -0.0800. The Morgan fingerprint density at radius 3 is 2.44 bits per heavy atom. The molecule has 2 aliphatic rings. The highest BCUT2D eigenvalue weighted by Gasteiger charge is 2.62. The zero-order chi connectivity index (χ0) is 12.0. The van der Waals surface area contributed by atoms with Gasteiger partial charge in [-0.1, -0.05) is 27.7 Å². The van der Waals surface area contributed by atoms with Gasteiger partial charge in [-0.15, -0.1) is 0 Å². The van der Waals surface area contributed by atoms with E-state index in [4.69, 9.17) is 10.5 Å². The summed E-state index contributed by atoms with van der Waals surface area (Å²) >= 11 is 0. The monoisotopic (exact) mass is 225 g/mol. The van der Waals surface area contributed by atoms with E-state index in [2.05, 4.69) is 27.7 Å². The molecule has 2 aliphatic carbocycles. The van der Waals surface area contributed by atoms with E-state index in [1.54, 1.807) is 0 Å². The molecule has 4 atom stereocenters. The SMILES string of the molecule is CCC(CN)OC1CC2CCC1(C)C2(C)C. The lowest BCUT2D eigenvalue weighted by atomic mass is 9.70. The number of hydrogen-bond acceptors (Lipinski definition) is 2. The van der Waals surface area contributed by atoms with Crippen molar-refractivity contribution in [2.24, 2.45) is 22.5 Å². The number of fused-ring (bicyclic) bond motifs is 2. The fourth-order valence-corrected chi connectivity index (χ4v) is 3.89. The van der Waals surface area contributed by atoms with Crippen molar-refractivity contribution in [2.75, 3.05) is 6.54 Å². The van der Waals surface area contributed by atoms with Gasteiger partial charge in [-0.2, -0.15) is 0 Å². The van der Waals surface area contributed by atoms with Crippen molar-refractivity contribution < 1.29 is 4.74 Å². The molecule has 2 N–H and O–H groups in total. The van der Waals surface area contributed by atoms with Crippen LogP contribution in [-0.4, -0.2) is 18.8 Å². The summed E-state index contributed by atoms with van der Waals surface area (Å²) in [7, 11) is 0. The molecule has 0 aromatic rings. The largest absolute Gasteiger partial charge is 0.373 e. The maximum atomic E-state index is 6.26. The van der Waals surface area contributed by atoms with Crippen molar-refractivity contribution in [3.8, 4) is 0 Å². The summed E-state index contributed by atoms with van der Waals surface area (Å²) in [5.41, 5.74) is 6.57. The van der Waals surface area contributed by atoms with Crippen LogP contribution in [0.5, 0.6) is 0 Å². The minimum atomic E-state index is 0.261. The minimum absolute atomic E-state index is 0.261. The van der Waals surface area contributed by atoms with Gasteiger partial charge >= 0.3 is 0 Å². The van der Waals surface area contributed by atoms with Gasteiger partial charge in [-0.3, -0.25) is 0 Å². The molecule has 94 valence electrons. The topological polar surface area (TPSA) is 35.2 Å². The first-order valence-corrected chi connectivity index (χ1v) is 6.81. The third-order valence-corrected chi connectivity index (χ3v) is 5.79. The van der Waals surface area contributed by atoms with Crippen molar-refractivity contribution in [1.82, 2.24) is 0 Å². The van der Waals surface area contributed by atoms with Crippen LogP contribution >= 0.6 is 0 Å². The van der Waals surface area contributed by atoms with E-state index >= 15 is 0 Å². The molecule has 2 rings (SSSR count). The van der Waals surface area contributed by atoms with Crippen LogP contribution in [0.15, 0.2) is 0 Å². The Morgan fingerprint density at radius 1 is 1.38 bits per heavy atom. The summed E-state index contributed by atoms with van der Waals surface area (Å²) < 4.78 is 6.26. The lowest BCUT2D eigenvalue weighted by molar-refractivity contribution is -0.0838. The maximum absolute atomic E-state index is 6.26. The third-order valence-electron chi connectivity index (χ3n) is 5.79. The molecule has 0 saturated heterocycles. The van der Waals surface area contributed by atoms with Crippen LogP contribution in [0.4, 0.5) is 0 Å². The first kappa shape index (κ1) is 12.4. The average Bonchev–Trinajstić information content (AvgIpc) is 2.58. The molecule has 0 aliphatic heterocycles. The lowest BCUT2D eigenvalue weighted by Crippen LogP contribution is -2.40. The molecule has 2 fully saturated rings. The van der Waals surface area contributed by atoms with Crippen molar-refractivity contribution in [3.05, 3.63) is 0 Å².